The zero-order valence-electron chi connectivity index (χ0n) is 13.6. The van der Waals surface area contributed by atoms with Crippen LogP contribution in [0.2, 0.25) is 0 Å². The molecule has 6 heteroatoms. The molecule has 0 aliphatic carbocycles. The summed E-state index contributed by atoms with van der Waals surface area (Å²) in [5.74, 6) is -0.434. The van der Waals surface area contributed by atoms with Crippen molar-refractivity contribution in [2.45, 2.75) is 20.0 Å². The maximum Gasteiger partial charge on any atom is 0.338 e. The first-order valence-corrected chi connectivity index (χ1v) is 7.50. The lowest BCUT2D eigenvalue weighted by Gasteiger charge is -2.09. The molecule has 24 heavy (non-hydrogen) atoms. The molecule has 0 saturated carbocycles. The van der Waals surface area contributed by atoms with Crippen LogP contribution in [0.1, 0.15) is 29.8 Å². The second kappa shape index (κ2) is 7.92. The number of rotatable bonds is 5. The van der Waals surface area contributed by atoms with E-state index >= 15 is 0 Å². The first kappa shape index (κ1) is 17.2. The quantitative estimate of drug-likeness (QED) is 0.382. The van der Waals surface area contributed by atoms with Crippen LogP contribution < -0.4 is 11.5 Å². The summed E-state index contributed by atoms with van der Waals surface area (Å²) in [6, 6.07) is 14.9. The summed E-state index contributed by atoms with van der Waals surface area (Å²) >= 11 is 0. The summed E-state index contributed by atoms with van der Waals surface area (Å²) in [5, 5.41) is 7.44. The van der Waals surface area contributed by atoms with Crippen molar-refractivity contribution < 1.29 is 9.53 Å². The lowest BCUT2D eigenvalue weighted by Crippen LogP contribution is -2.21. The van der Waals surface area contributed by atoms with Gasteiger partial charge >= 0.3 is 5.97 Å². The van der Waals surface area contributed by atoms with Crippen LogP contribution in [-0.4, -0.2) is 24.2 Å². The molecular weight excluding hydrogens is 304 g/mol. The molecule has 0 heterocycles. The fourth-order valence-corrected chi connectivity index (χ4v) is 2.10. The molecule has 0 bridgehead atoms. The minimum atomic E-state index is -0.334. The molecule has 0 amide bonds. The van der Waals surface area contributed by atoms with Gasteiger partial charge in [0.1, 0.15) is 0 Å². The average molecular weight is 324 g/mol. The van der Waals surface area contributed by atoms with E-state index in [0.29, 0.717) is 5.56 Å². The Labute approximate surface area is 140 Å². The van der Waals surface area contributed by atoms with Crippen LogP contribution in [-0.2, 0) is 4.74 Å². The van der Waals surface area contributed by atoms with E-state index in [4.69, 9.17) is 16.2 Å². The molecule has 2 rings (SSSR count). The third-order valence-corrected chi connectivity index (χ3v) is 3.11. The number of guanidine groups is 1. The lowest BCUT2D eigenvalue weighted by atomic mass is 9.99. The molecule has 2 aromatic rings. The Kier molecular flexibility index (Phi) is 5.68. The molecule has 0 atom stereocenters. The zero-order chi connectivity index (χ0) is 17.5. The summed E-state index contributed by atoms with van der Waals surface area (Å²) < 4.78 is 5.18. The molecule has 0 aliphatic rings. The first-order chi connectivity index (χ1) is 11.5. The van der Waals surface area contributed by atoms with E-state index in [2.05, 4.69) is 10.2 Å². The molecule has 4 N–H and O–H groups in total. The van der Waals surface area contributed by atoms with Crippen molar-refractivity contribution in [3.05, 3.63) is 59.7 Å². The van der Waals surface area contributed by atoms with Gasteiger partial charge in [-0.15, -0.1) is 5.10 Å². The van der Waals surface area contributed by atoms with Crippen LogP contribution in [0.5, 0.6) is 0 Å². The van der Waals surface area contributed by atoms with Crippen molar-refractivity contribution in [2.24, 2.45) is 21.7 Å². The van der Waals surface area contributed by atoms with Crippen LogP contribution >= 0.6 is 0 Å². The Morgan fingerprint density at radius 2 is 1.75 bits per heavy atom. The smallest absolute Gasteiger partial charge is 0.338 e. The second-order valence-corrected chi connectivity index (χ2v) is 5.39. The Hall–Kier alpha value is -3.15. The van der Waals surface area contributed by atoms with Crippen molar-refractivity contribution in [1.82, 2.24) is 0 Å². The van der Waals surface area contributed by atoms with Crippen LogP contribution in [0.4, 0.5) is 0 Å². The first-order valence-electron chi connectivity index (χ1n) is 7.50. The number of ether oxygens (including phenoxy) is 1. The predicted octanol–water partition coefficient (Wildman–Crippen LogP) is 2.53. The second-order valence-electron chi connectivity index (χ2n) is 5.39. The van der Waals surface area contributed by atoms with Crippen LogP contribution in [0.3, 0.4) is 0 Å². The summed E-state index contributed by atoms with van der Waals surface area (Å²) in [6.07, 6.45) is 1.43. The van der Waals surface area contributed by atoms with Gasteiger partial charge in [0.05, 0.1) is 17.9 Å². The van der Waals surface area contributed by atoms with E-state index in [-0.39, 0.29) is 18.0 Å². The van der Waals surface area contributed by atoms with Crippen molar-refractivity contribution in [3.8, 4) is 11.1 Å². The summed E-state index contributed by atoms with van der Waals surface area (Å²) in [5.41, 5.74) is 13.8. The van der Waals surface area contributed by atoms with E-state index in [1.54, 1.807) is 18.3 Å². The third kappa shape index (κ3) is 4.67. The number of benzene rings is 2. The lowest BCUT2D eigenvalue weighted by molar-refractivity contribution is 0.0378. The van der Waals surface area contributed by atoms with E-state index in [0.717, 1.165) is 16.7 Å². The zero-order valence-corrected chi connectivity index (χ0v) is 13.6. The number of carbonyl (C=O) groups excluding carboxylic acids is 1. The Balaban J connectivity index is 2.28. The molecule has 2 aromatic carbocycles. The molecule has 0 unspecified atom stereocenters. The topological polar surface area (TPSA) is 103 Å². The van der Waals surface area contributed by atoms with E-state index < -0.39 is 0 Å². The van der Waals surface area contributed by atoms with Gasteiger partial charge in [0, 0.05) is 5.56 Å². The Bertz CT molecular complexity index is 761. The van der Waals surface area contributed by atoms with Crippen molar-refractivity contribution in [3.63, 3.8) is 0 Å². The molecule has 0 saturated heterocycles. The van der Waals surface area contributed by atoms with Gasteiger partial charge in [-0.25, -0.2) is 4.79 Å². The molecule has 0 aliphatic heterocycles. The largest absolute Gasteiger partial charge is 0.459 e. The summed E-state index contributed by atoms with van der Waals surface area (Å²) in [4.78, 5) is 11.9. The molecule has 0 fully saturated rings. The Morgan fingerprint density at radius 3 is 2.38 bits per heavy atom. The Morgan fingerprint density at radius 1 is 1.08 bits per heavy atom. The summed E-state index contributed by atoms with van der Waals surface area (Å²) in [7, 11) is 0. The van der Waals surface area contributed by atoms with Gasteiger partial charge in [0.15, 0.2) is 0 Å². The van der Waals surface area contributed by atoms with Gasteiger partial charge in [-0.3, -0.25) is 0 Å². The highest BCUT2D eigenvalue weighted by molar-refractivity contribution is 5.93. The molecule has 0 spiro atoms. The minimum absolute atomic E-state index is 0.100. The van der Waals surface area contributed by atoms with Gasteiger partial charge < -0.3 is 16.2 Å². The molecular formula is C18H20N4O2. The van der Waals surface area contributed by atoms with Crippen LogP contribution in [0, 0.1) is 0 Å². The number of nitrogens with zero attached hydrogens (tertiary/aromatic N) is 2. The third-order valence-electron chi connectivity index (χ3n) is 3.11. The molecule has 6 nitrogen and oxygen atoms in total. The van der Waals surface area contributed by atoms with E-state index in [1.165, 1.54) is 0 Å². The van der Waals surface area contributed by atoms with Crippen molar-refractivity contribution in [1.29, 1.82) is 0 Å². The number of hydrogen-bond donors (Lipinski definition) is 2. The van der Waals surface area contributed by atoms with Crippen LogP contribution in [0.15, 0.2) is 58.7 Å². The maximum atomic E-state index is 11.9. The summed E-state index contributed by atoms with van der Waals surface area (Å²) in [6.45, 7) is 3.64. The minimum Gasteiger partial charge on any atom is -0.459 e. The van der Waals surface area contributed by atoms with Gasteiger partial charge in [-0.1, -0.05) is 36.4 Å². The fourth-order valence-electron chi connectivity index (χ4n) is 2.10. The van der Waals surface area contributed by atoms with Crippen molar-refractivity contribution in [2.75, 3.05) is 0 Å². The number of esters is 1. The SMILES string of the molecule is CC(C)OC(=O)c1ccc(-c2ccccc2C=NN=C(N)N)cc1. The average Bonchev–Trinajstić information content (AvgIpc) is 2.54. The van der Waals surface area contributed by atoms with Gasteiger partial charge in [0.25, 0.3) is 0 Å². The molecule has 0 radical (unpaired) electrons. The van der Waals surface area contributed by atoms with Crippen LogP contribution in [0.25, 0.3) is 11.1 Å². The highest BCUT2D eigenvalue weighted by Gasteiger charge is 2.10. The highest BCUT2D eigenvalue weighted by atomic mass is 16.5. The molecule has 124 valence electrons. The van der Waals surface area contributed by atoms with Gasteiger partial charge in [-0.05, 0) is 37.1 Å². The number of nitrogens with two attached hydrogens (primary N) is 2. The van der Waals surface area contributed by atoms with E-state index in [9.17, 15) is 4.79 Å². The number of hydrogen-bond acceptors (Lipinski definition) is 4. The molecule has 0 aromatic heterocycles. The highest BCUT2D eigenvalue weighted by Crippen LogP contribution is 2.23. The van der Waals surface area contributed by atoms with Gasteiger partial charge in [0.2, 0.25) is 5.96 Å². The number of carbonyl (C=O) groups is 1. The van der Waals surface area contributed by atoms with Crippen molar-refractivity contribution >= 4 is 18.1 Å². The fraction of sp³-hybridized carbons (Fsp3) is 0.167. The normalized spacial score (nSPS) is 10.8. The maximum absolute atomic E-state index is 11.9. The van der Waals surface area contributed by atoms with Gasteiger partial charge in [-0.2, -0.15) is 5.10 Å². The standard InChI is InChI=1S/C18H20N4O2/c1-12(2)24-17(23)14-9-7-13(8-10-14)16-6-4-3-5-15(16)11-21-22-18(19)20/h3-12H,1-2H3,(H4,19,20,22). The van der Waals surface area contributed by atoms with E-state index in [1.807, 2.05) is 50.2 Å². The monoisotopic (exact) mass is 324 g/mol. The predicted molar refractivity (Wildman–Crippen MR) is 95.8 cm³/mol.